The van der Waals surface area contributed by atoms with Gasteiger partial charge in [0.05, 0.1) is 17.7 Å². The van der Waals surface area contributed by atoms with Crippen molar-refractivity contribution in [3.63, 3.8) is 0 Å². The lowest BCUT2D eigenvalue weighted by Gasteiger charge is -2.41. The Morgan fingerprint density at radius 2 is 1.47 bits per heavy atom. The molecule has 0 spiro atoms. The molecule has 2 aromatic rings. The van der Waals surface area contributed by atoms with Crippen LogP contribution in [0, 0.1) is 5.92 Å². The molecule has 32 heavy (non-hydrogen) atoms. The zero-order valence-electron chi connectivity index (χ0n) is 18.8. The Hall–Kier alpha value is -2.22. The molecule has 2 saturated heterocycles. The van der Waals surface area contributed by atoms with Crippen molar-refractivity contribution < 1.29 is 13.2 Å². The average molecular weight is 456 g/mol. The molecule has 2 aliphatic heterocycles. The Morgan fingerprint density at radius 1 is 0.906 bits per heavy atom. The molecule has 0 bridgehead atoms. The summed E-state index contributed by atoms with van der Waals surface area (Å²) in [4.78, 5) is 17.6. The molecule has 7 heteroatoms. The van der Waals surface area contributed by atoms with Gasteiger partial charge in [0, 0.05) is 39.3 Å². The fourth-order valence-electron chi connectivity index (χ4n) is 4.92. The molecule has 2 aliphatic rings. The zero-order chi connectivity index (χ0) is 22.6. The molecular formula is C25H33N3O3S. The van der Waals surface area contributed by atoms with E-state index in [0.29, 0.717) is 26.2 Å². The first-order valence-corrected chi connectivity index (χ1v) is 13.2. The highest BCUT2D eigenvalue weighted by molar-refractivity contribution is 7.89. The third kappa shape index (κ3) is 5.05. The molecule has 0 N–H and O–H groups in total. The van der Waals surface area contributed by atoms with E-state index in [1.54, 1.807) is 6.92 Å². The number of hydrogen-bond donors (Lipinski definition) is 0. The van der Waals surface area contributed by atoms with Crippen molar-refractivity contribution in [2.45, 2.75) is 25.8 Å². The third-order valence-electron chi connectivity index (χ3n) is 6.71. The Kier molecular flexibility index (Phi) is 7.28. The highest BCUT2D eigenvalue weighted by Crippen LogP contribution is 2.30. The second kappa shape index (κ2) is 10.1. The van der Waals surface area contributed by atoms with Gasteiger partial charge >= 0.3 is 0 Å². The van der Waals surface area contributed by atoms with Gasteiger partial charge in [-0.05, 0) is 30.9 Å². The third-order valence-corrected chi connectivity index (χ3v) is 8.56. The lowest BCUT2D eigenvalue weighted by atomic mass is 9.95. The fraction of sp³-hybridized carbons (Fsp3) is 0.480. The van der Waals surface area contributed by atoms with E-state index in [2.05, 4.69) is 53.4 Å². The molecular weight excluding hydrogens is 422 g/mol. The molecule has 2 aromatic carbocycles. The van der Waals surface area contributed by atoms with Crippen molar-refractivity contribution in [1.29, 1.82) is 0 Å². The molecule has 1 atom stereocenters. The maximum atomic E-state index is 13.2. The molecule has 4 rings (SSSR count). The molecule has 0 aromatic heterocycles. The molecule has 0 saturated carbocycles. The van der Waals surface area contributed by atoms with Crippen LogP contribution < -0.4 is 0 Å². The van der Waals surface area contributed by atoms with Crippen LogP contribution >= 0.6 is 0 Å². The van der Waals surface area contributed by atoms with E-state index < -0.39 is 10.0 Å². The van der Waals surface area contributed by atoms with Gasteiger partial charge in [0.25, 0.3) is 0 Å². The largest absolute Gasteiger partial charge is 0.340 e. The van der Waals surface area contributed by atoms with Crippen molar-refractivity contribution in [3.05, 3.63) is 71.8 Å². The van der Waals surface area contributed by atoms with Crippen molar-refractivity contribution in [3.8, 4) is 0 Å². The van der Waals surface area contributed by atoms with Crippen LogP contribution in [0.25, 0.3) is 0 Å². The number of piperidine rings is 1. The Morgan fingerprint density at radius 3 is 2.00 bits per heavy atom. The molecule has 2 heterocycles. The predicted octanol–water partition coefficient (Wildman–Crippen LogP) is 2.98. The summed E-state index contributed by atoms with van der Waals surface area (Å²) in [6, 6.07) is 21.2. The molecule has 6 nitrogen and oxygen atoms in total. The number of hydrogen-bond acceptors (Lipinski definition) is 4. The highest BCUT2D eigenvalue weighted by atomic mass is 32.2. The Labute approximate surface area is 191 Å². The standard InChI is InChI=1S/C25H33N3O3S/c1-2-32(30,31)28-15-9-14-23(20-28)25(29)27-18-16-26(17-19-27)24(21-10-5-3-6-11-21)22-12-7-4-8-13-22/h3-8,10-13,23-24H,2,9,14-20H2,1H3/t23-/m0/s1. The Bertz CT molecular complexity index is 950. The fourth-order valence-corrected chi connectivity index (χ4v) is 6.10. The molecule has 0 unspecified atom stereocenters. The number of amides is 1. The van der Waals surface area contributed by atoms with Gasteiger partial charge in [-0.2, -0.15) is 0 Å². The summed E-state index contributed by atoms with van der Waals surface area (Å²) >= 11 is 0. The Balaban J connectivity index is 1.43. The summed E-state index contributed by atoms with van der Waals surface area (Å²) in [6.07, 6.45) is 1.52. The summed E-state index contributed by atoms with van der Waals surface area (Å²) in [5.74, 6) is -0.0280. The maximum Gasteiger partial charge on any atom is 0.227 e. The van der Waals surface area contributed by atoms with Crippen LogP contribution in [-0.4, -0.2) is 73.5 Å². The van der Waals surface area contributed by atoms with Crippen molar-refractivity contribution in [1.82, 2.24) is 14.1 Å². The molecule has 0 radical (unpaired) electrons. The predicted molar refractivity (Wildman–Crippen MR) is 127 cm³/mol. The van der Waals surface area contributed by atoms with Crippen LogP contribution in [-0.2, 0) is 14.8 Å². The van der Waals surface area contributed by atoms with E-state index in [4.69, 9.17) is 0 Å². The van der Waals surface area contributed by atoms with Gasteiger partial charge in [-0.1, -0.05) is 60.7 Å². The molecule has 1 amide bonds. The zero-order valence-corrected chi connectivity index (χ0v) is 19.6. The first-order chi connectivity index (χ1) is 15.5. The number of carbonyl (C=O) groups excluding carboxylic acids is 1. The maximum absolute atomic E-state index is 13.2. The monoisotopic (exact) mass is 455 g/mol. The summed E-state index contributed by atoms with van der Waals surface area (Å²) < 4.78 is 26.1. The number of sulfonamides is 1. The summed E-state index contributed by atoms with van der Waals surface area (Å²) in [5, 5.41) is 0. The van der Waals surface area contributed by atoms with Crippen LogP contribution in [0.15, 0.2) is 60.7 Å². The van der Waals surface area contributed by atoms with E-state index in [-0.39, 0.29) is 23.6 Å². The lowest BCUT2D eigenvalue weighted by molar-refractivity contribution is -0.138. The highest BCUT2D eigenvalue weighted by Gasteiger charge is 2.35. The normalized spacial score (nSPS) is 21.1. The number of rotatable bonds is 6. The first kappa shape index (κ1) is 23.0. The van der Waals surface area contributed by atoms with Gasteiger partial charge in [0.2, 0.25) is 15.9 Å². The van der Waals surface area contributed by atoms with Crippen LogP contribution in [0.2, 0.25) is 0 Å². The first-order valence-electron chi connectivity index (χ1n) is 11.6. The second-order valence-electron chi connectivity index (χ2n) is 8.68. The number of nitrogens with zero attached hydrogens (tertiary/aromatic N) is 3. The van der Waals surface area contributed by atoms with Gasteiger partial charge in [-0.25, -0.2) is 12.7 Å². The van der Waals surface area contributed by atoms with Gasteiger partial charge in [-0.3, -0.25) is 9.69 Å². The smallest absolute Gasteiger partial charge is 0.227 e. The molecule has 0 aliphatic carbocycles. The minimum absolute atomic E-state index is 0.0902. The van der Waals surface area contributed by atoms with Crippen LogP contribution in [0.5, 0.6) is 0 Å². The summed E-state index contributed by atoms with van der Waals surface area (Å²) in [5.41, 5.74) is 2.51. The van der Waals surface area contributed by atoms with E-state index >= 15 is 0 Å². The van der Waals surface area contributed by atoms with Gasteiger partial charge < -0.3 is 4.90 Å². The SMILES string of the molecule is CCS(=O)(=O)N1CCC[C@H](C(=O)N2CCN(C(c3ccccc3)c3ccccc3)CC2)C1. The van der Waals surface area contributed by atoms with E-state index in [1.807, 2.05) is 17.0 Å². The topological polar surface area (TPSA) is 60.9 Å². The summed E-state index contributed by atoms with van der Waals surface area (Å²) in [6.45, 7) is 5.46. The van der Waals surface area contributed by atoms with E-state index in [9.17, 15) is 13.2 Å². The van der Waals surface area contributed by atoms with Gasteiger partial charge in [-0.15, -0.1) is 0 Å². The number of piperazine rings is 1. The second-order valence-corrected chi connectivity index (χ2v) is 10.9. The minimum atomic E-state index is -3.25. The lowest BCUT2D eigenvalue weighted by Crippen LogP contribution is -2.53. The molecule has 172 valence electrons. The van der Waals surface area contributed by atoms with E-state index in [0.717, 1.165) is 25.9 Å². The van der Waals surface area contributed by atoms with Crippen molar-refractivity contribution in [2.24, 2.45) is 5.92 Å². The van der Waals surface area contributed by atoms with Crippen molar-refractivity contribution >= 4 is 15.9 Å². The average Bonchev–Trinajstić information content (AvgIpc) is 2.85. The summed E-state index contributed by atoms with van der Waals surface area (Å²) in [7, 11) is -3.25. The van der Waals surface area contributed by atoms with Crippen LogP contribution in [0.1, 0.15) is 36.9 Å². The van der Waals surface area contributed by atoms with Crippen LogP contribution in [0.3, 0.4) is 0 Å². The number of benzene rings is 2. The number of carbonyl (C=O) groups is 1. The van der Waals surface area contributed by atoms with Gasteiger partial charge in [0.1, 0.15) is 0 Å². The minimum Gasteiger partial charge on any atom is -0.340 e. The van der Waals surface area contributed by atoms with Gasteiger partial charge in [0.15, 0.2) is 0 Å². The molecule has 2 fully saturated rings. The van der Waals surface area contributed by atoms with Crippen LogP contribution in [0.4, 0.5) is 0 Å². The quantitative estimate of drug-likeness (QED) is 0.672. The van der Waals surface area contributed by atoms with Crippen molar-refractivity contribution in [2.75, 3.05) is 45.0 Å². The van der Waals surface area contributed by atoms with E-state index in [1.165, 1.54) is 15.4 Å².